The van der Waals surface area contributed by atoms with Gasteiger partial charge in [0.1, 0.15) is 5.75 Å². The van der Waals surface area contributed by atoms with Crippen molar-refractivity contribution in [2.45, 2.75) is 6.92 Å². The minimum atomic E-state index is -3.10. The van der Waals surface area contributed by atoms with Crippen molar-refractivity contribution in [1.82, 2.24) is 0 Å². The van der Waals surface area contributed by atoms with Gasteiger partial charge in [-0.15, -0.1) is 0 Å². The molecule has 5 heteroatoms. The van der Waals surface area contributed by atoms with Crippen LogP contribution in [0.4, 0.5) is 0 Å². The number of hydrogen-bond acceptors (Lipinski definition) is 2. The zero-order valence-electron chi connectivity index (χ0n) is 6.40. The fourth-order valence-electron chi connectivity index (χ4n) is 0.729. The van der Waals surface area contributed by atoms with Crippen molar-refractivity contribution < 1.29 is 9.42 Å². The molecule has 66 valence electrons. The predicted octanol–water partition coefficient (Wildman–Crippen LogP) is 2.83. The summed E-state index contributed by atoms with van der Waals surface area (Å²) < 4.78 is 4.90. The highest BCUT2D eigenvalue weighted by Crippen LogP contribution is 2.47. The topological polar surface area (TPSA) is 29.5 Å². The van der Waals surface area contributed by atoms with Gasteiger partial charge in [-0.25, -0.2) is 0 Å². The summed E-state index contributed by atoms with van der Waals surface area (Å²) in [5.74, 6) is -2.60. The third-order valence-corrected chi connectivity index (χ3v) is 2.11. The van der Waals surface area contributed by atoms with E-state index in [4.69, 9.17) is 20.7 Å². The van der Waals surface area contributed by atoms with Crippen LogP contribution in [0.5, 0.6) is 5.75 Å². The highest BCUT2D eigenvalue weighted by Gasteiger charge is 2.09. The maximum absolute atomic E-state index is 9.01. The predicted molar refractivity (Wildman–Crippen MR) is 54.2 cm³/mol. The molecule has 0 spiro atoms. The molecule has 1 unspecified atom stereocenters. The Hall–Kier alpha value is -0.0800. The Kier molecular flexibility index (Phi) is 3.13. The quantitative estimate of drug-likeness (QED) is 0.781. The molecule has 0 aliphatic carbocycles. The maximum atomic E-state index is 9.01. The first-order chi connectivity index (χ1) is 5.47. The van der Waals surface area contributed by atoms with Crippen molar-refractivity contribution in [2.24, 2.45) is 0 Å². The number of hydrogen-bond donors (Lipinski definition) is 1. The molecule has 0 aliphatic heterocycles. The Balaban J connectivity index is 2.78. The second-order valence-electron chi connectivity index (χ2n) is 2.36. The van der Waals surface area contributed by atoms with Gasteiger partial charge in [-0.2, -0.15) is 0 Å². The summed E-state index contributed by atoms with van der Waals surface area (Å²) in [6.45, 7) is 1.96. The van der Waals surface area contributed by atoms with Crippen LogP contribution in [0.3, 0.4) is 0 Å². The molecule has 1 aromatic carbocycles. The number of halogens is 1. The molecule has 0 aromatic heterocycles. The highest BCUT2D eigenvalue weighted by molar-refractivity contribution is 8.22. The van der Waals surface area contributed by atoms with E-state index in [2.05, 4.69) is 11.8 Å². The van der Waals surface area contributed by atoms with Crippen molar-refractivity contribution in [3.8, 4) is 5.75 Å². The lowest BCUT2D eigenvalue weighted by molar-refractivity contribution is 0.503. The first-order valence-electron chi connectivity index (χ1n) is 3.26. The minimum Gasteiger partial charge on any atom is -0.433 e. The van der Waals surface area contributed by atoms with E-state index in [1.807, 2.05) is 19.1 Å². The van der Waals surface area contributed by atoms with Crippen LogP contribution >= 0.6 is 17.1 Å². The van der Waals surface area contributed by atoms with Gasteiger partial charge in [0.15, 0.2) is 0 Å². The van der Waals surface area contributed by atoms with E-state index < -0.39 is 5.84 Å². The van der Waals surface area contributed by atoms with Crippen molar-refractivity contribution in [2.75, 3.05) is 0 Å². The van der Waals surface area contributed by atoms with E-state index in [1.165, 1.54) is 0 Å². The molecule has 1 aromatic rings. The van der Waals surface area contributed by atoms with Crippen molar-refractivity contribution in [1.29, 1.82) is 0 Å². The summed E-state index contributed by atoms with van der Waals surface area (Å²) in [5.41, 5.74) is 1.11. The van der Waals surface area contributed by atoms with E-state index in [0.29, 0.717) is 5.75 Å². The van der Waals surface area contributed by atoms with Crippen LogP contribution in [0, 0.1) is 6.92 Å². The van der Waals surface area contributed by atoms with Gasteiger partial charge in [0, 0.05) is 0 Å². The third kappa shape index (κ3) is 3.55. The van der Waals surface area contributed by atoms with E-state index in [0.717, 1.165) is 5.56 Å². The fraction of sp³-hybridized carbons (Fsp3) is 0.143. The Labute approximate surface area is 81.1 Å². The van der Waals surface area contributed by atoms with Gasteiger partial charge in [-0.1, -0.05) is 17.7 Å². The van der Waals surface area contributed by atoms with E-state index in [9.17, 15) is 0 Å². The summed E-state index contributed by atoms with van der Waals surface area (Å²) in [7, 11) is 0. The summed E-state index contributed by atoms with van der Waals surface area (Å²) in [6.07, 6.45) is 0. The van der Waals surface area contributed by atoms with Gasteiger partial charge in [-0.05, 0) is 42.1 Å². The van der Waals surface area contributed by atoms with Gasteiger partial charge < -0.3 is 9.42 Å². The van der Waals surface area contributed by atoms with Gasteiger partial charge in [0.2, 0.25) is 0 Å². The van der Waals surface area contributed by atoms with Gasteiger partial charge >= 0.3 is 5.84 Å². The molecule has 1 rings (SSSR count). The summed E-state index contributed by atoms with van der Waals surface area (Å²) in [5, 5.41) is 0. The van der Waals surface area contributed by atoms with Gasteiger partial charge in [-0.3, -0.25) is 0 Å². The molecule has 0 saturated carbocycles. The first kappa shape index (κ1) is 10.0. The molecule has 1 N–H and O–H groups in total. The lowest BCUT2D eigenvalue weighted by Crippen LogP contribution is -1.84. The third-order valence-electron chi connectivity index (χ3n) is 1.24. The zero-order chi connectivity index (χ0) is 9.19. The number of rotatable bonds is 2. The van der Waals surface area contributed by atoms with E-state index in [1.54, 1.807) is 12.1 Å². The molecule has 0 fully saturated rings. The fourth-order valence-corrected chi connectivity index (χ4v) is 1.61. The molecule has 2 nitrogen and oxygen atoms in total. The zero-order valence-corrected chi connectivity index (χ0v) is 8.87. The van der Waals surface area contributed by atoms with Crippen molar-refractivity contribution in [3.05, 3.63) is 29.8 Å². The SMILES string of the molecule is Cc1ccc(OP(O)(=S)Cl)cc1. The average Bonchev–Trinajstić information content (AvgIpc) is 1.91. The molecule has 0 radical (unpaired) electrons. The van der Waals surface area contributed by atoms with E-state index in [-0.39, 0.29) is 0 Å². The second-order valence-corrected chi connectivity index (χ2v) is 6.90. The smallest absolute Gasteiger partial charge is 0.330 e. The standard InChI is InChI=1S/C7H8ClO2PS/c1-6-2-4-7(5-3-6)10-11(8,9)12/h2-5H,1H3,(H,9,12). The van der Waals surface area contributed by atoms with Crippen LogP contribution in [0.25, 0.3) is 0 Å². The molecule has 0 bridgehead atoms. The largest absolute Gasteiger partial charge is 0.433 e. The van der Waals surface area contributed by atoms with Crippen LogP contribution in [0.1, 0.15) is 5.56 Å². The average molecular weight is 223 g/mol. The van der Waals surface area contributed by atoms with Crippen molar-refractivity contribution in [3.63, 3.8) is 0 Å². The molecule has 0 amide bonds. The first-order valence-corrected chi connectivity index (χ1v) is 6.84. The van der Waals surface area contributed by atoms with Crippen LogP contribution in [0.2, 0.25) is 0 Å². The molecular weight excluding hydrogens is 215 g/mol. The second kappa shape index (κ2) is 3.75. The minimum absolute atomic E-state index is 0.501. The van der Waals surface area contributed by atoms with E-state index >= 15 is 0 Å². The van der Waals surface area contributed by atoms with Gasteiger partial charge in [0.25, 0.3) is 0 Å². The Morgan fingerprint density at radius 3 is 2.33 bits per heavy atom. The Morgan fingerprint density at radius 2 is 1.92 bits per heavy atom. The molecule has 0 heterocycles. The lowest BCUT2D eigenvalue weighted by atomic mass is 10.2. The number of benzene rings is 1. The van der Waals surface area contributed by atoms with Crippen LogP contribution < -0.4 is 4.52 Å². The molecule has 12 heavy (non-hydrogen) atoms. The monoisotopic (exact) mass is 222 g/mol. The van der Waals surface area contributed by atoms with Crippen LogP contribution in [-0.2, 0) is 11.8 Å². The highest BCUT2D eigenvalue weighted by atomic mass is 35.7. The molecule has 0 aliphatic rings. The Bertz CT molecular complexity index is 306. The summed E-state index contributed by atoms with van der Waals surface area (Å²) in [4.78, 5) is 9.01. The summed E-state index contributed by atoms with van der Waals surface area (Å²) >= 11 is 9.88. The number of aryl methyl sites for hydroxylation is 1. The van der Waals surface area contributed by atoms with Crippen LogP contribution in [0.15, 0.2) is 24.3 Å². The van der Waals surface area contributed by atoms with Crippen LogP contribution in [-0.4, -0.2) is 4.89 Å². The lowest BCUT2D eigenvalue weighted by Gasteiger charge is -2.08. The normalized spacial score (nSPS) is 15.2. The molecular formula is C7H8ClO2PS. The molecule has 0 saturated heterocycles. The summed E-state index contributed by atoms with van der Waals surface area (Å²) in [6, 6.07) is 7.15. The Morgan fingerprint density at radius 1 is 1.42 bits per heavy atom. The van der Waals surface area contributed by atoms with Crippen molar-refractivity contribution >= 4 is 28.9 Å². The van der Waals surface area contributed by atoms with Gasteiger partial charge in [0.05, 0.1) is 0 Å². The maximum Gasteiger partial charge on any atom is 0.330 e. The molecule has 1 atom stereocenters.